The molecule has 142 heavy (non-hydrogen) atoms. The third-order valence-electron chi connectivity index (χ3n) is 13.5. The molecule has 0 spiro atoms. The number of aromatic nitrogens is 20. The van der Waals surface area contributed by atoms with Crippen LogP contribution >= 0.6 is 0 Å². The second-order valence-electron chi connectivity index (χ2n) is 23.2. The third kappa shape index (κ3) is 82.8. The van der Waals surface area contributed by atoms with Crippen molar-refractivity contribution >= 4 is 0 Å². The maximum atomic E-state index is 8.49. The van der Waals surface area contributed by atoms with Crippen LogP contribution < -0.4 is 122 Å². The summed E-state index contributed by atoms with van der Waals surface area (Å²) in [4.78, 5) is 67.0. The molecule has 18 heterocycles. The summed E-state index contributed by atoms with van der Waals surface area (Å²) in [5.41, 5.74) is 14.6. The molecule has 0 amide bonds. The van der Waals surface area contributed by atoms with E-state index in [0.29, 0.717) is 0 Å². The van der Waals surface area contributed by atoms with Crippen molar-refractivity contribution in [1.82, 2.24) is 100 Å². The summed E-state index contributed by atoms with van der Waals surface area (Å²) in [6.07, 6.45) is 34.8. The first-order valence-electron chi connectivity index (χ1n) is 36.8. The fourth-order valence-corrected chi connectivity index (χ4v) is 8.61. The zero-order chi connectivity index (χ0) is 99.9. The van der Waals surface area contributed by atoms with E-state index in [4.69, 9.17) is 112 Å². The van der Waals surface area contributed by atoms with Crippen LogP contribution in [0.15, 0.2) is 427 Å². The fourth-order valence-electron chi connectivity index (χ4n) is 8.61. The Bertz CT molecular complexity index is 4440. The van der Waals surface area contributed by atoms with E-state index in [-0.39, 0.29) is 90.1 Å². The summed E-state index contributed by atoms with van der Waals surface area (Å²) in [5, 5.41) is 13.9. The van der Waals surface area contributed by atoms with Gasteiger partial charge in [-0.15, -0.1) is 61.5 Å². The van der Waals surface area contributed by atoms with E-state index >= 15 is 0 Å². The zero-order valence-corrected chi connectivity index (χ0v) is 86.4. The predicted molar refractivity (Wildman–Crippen MR) is 416 cm³/mol. The van der Waals surface area contributed by atoms with Crippen molar-refractivity contribution in [3.05, 3.63) is 427 Å². The molecular formula is C86H70Cl6N20O26Os4-12. The van der Waals surface area contributed by atoms with E-state index in [0.717, 1.165) is 91.1 Å². The van der Waals surface area contributed by atoms with Gasteiger partial charge >= 0.3 is 0 Å². The molecule has 0 unspecified atom stereocenters. The molecule has 0 aromatic carbocycles. The maximum Gasteiger partial charge on any atom is 0.0886 e. The van der Waals surface area contributed by atoms with Crippen LogP contribution in [0.4, 0.5) is 0 Å². The Morgan fingerprint density at radius 3 is 0.239 bits per heavy atom. The Morgan fingerprint density at radius 2 is 0.204 bits per heavy atom. The van der Waals surface area contributed by atoms with Gasteiger partial charge in [-0.1, -0.05) is 109 Å². The fraction of sp³-hybridized carbons (Fsp3) is 0. The number of hydrogen-bond acceptors (Lipinski definition) is 42. The Kier molecular flexibility index (Phi) is 77.4. The summed E-state index contributed by atoms with van der Waals surface area (Å²) < 4.78 is 204. The van der Waals surface area contributed by atoms with Crippen molar-refractivity contribution in [3.63, 3.8) is 0 Å². The van der Waals surface area contributed by atoms with Gasteiger partial charge in [0.2, 0.25) is 0 Å². The van der Waals surface area contributed by atoms with E-state index in [1.54, 1.807) is 136 Å². The number of rotatable bonds is 8. The summed E-state index contributed by atoms with van der Waals surface area (Å²) in [6.45, 7) is 0. The van der Waals surface area contributed by atoms with Gasteiger partial charge in [0.1, 0.15) is 0 Å². The molecule has 18 aromatic rings. The molecule has 0 bridgehead atoms. The SMILES string of the molecule is [O-2].[O-2].[O-][Cl+3]([O-])([O-])[O-].[O-][Cl+3]([O-])([O-])[O-].[O-][Cl+3]([O-])([O-])[O-].[O-][Cl+3]([O-])([O-])[O-].[O-][Cl+3]([O-])([O-])[O-].[O-][Cl+3]([O-])([O-])[O-].[Os].[Os].[Os].[Os].c1ccc(-c2ccccn2)nc1.c1ccc(-c2ccccn2)nc1.c1ccc(-c2ccccn2)nc1.c1ccc(-c2ccccn2)nc1.c1ccc(-c2ccccn2)nc1.c1ccc(-c2ccccn2)nc1.c1ccc(-c2ccccn2)nc1.c1ccc(-c2ccccn2)nc1.c1cn[n-]c1.c1cn[n-]c1. The van der Waals surface area contributed by atoms with Gasteiger partial charge in [0.25, 0.3) is 0 Å². The standard InChI is InChI=1S/8C10H8N2.2C3H3N2.6ClHO4.2O.4Os/c8*1-3-7-11-9(5-1)10-6-2-4-8-12-10;2*1-2-4-5-3-1;6*2-1(3,4)5;;;;;;/h8*1-8H;2*1-3H;6*(H,2,3,4,5);;;;;;/q;;;;;;;;2*-1;;;;;;;2*-2;;;;/p-6. The molecule has 0 radical (unpaired) electrons. The second-order valence-corrected chi connectivity index (χ2v) is 27.7. The molecular weight excluding hydrogens is 2700 g/mol. The van der Waals surface area contributed by atoms with Gasteiger partial charge in [0.05, 0.1) is 91.1 Å². The minimum atomic E-state index is -4.94. The first-order chi connectivity index (χ1) is 64.7. The van der Waals surface area contributed by atoms with E-state index < -0.39 is 61.5 Å². The largest absolute Gasteiger partial charge is 2.00 e. The van der Waals surface area contributed by atoms with Gasteiger partial charge in [0, 0.05) is 191 Å². The molecule has 0 atom stereocenters. The Balaban J connectivity index is -0.000000723. The number of nitrogens with zero attached hydrogens (tertiary/aromatic N) is 20. The van der Waals surface area contributed by atoms with E-state index in [9.17, 15) is 0 Å². The molecule has 0 saturated heterocycles. The van der Waals surface area contributed by atoms with E-state index in [1.807, 2.05) is 291 Å². The van der Waals surface area contributed by atoms with Gasteiger partial charge in [-0.2, -0.15) is 12.4 Å². The Hall–Kier alpha value is -11.9. The van der Waals surface area contributed by atoms with Crippen molar-refractivity contribution in [2.75, 3.05) is 0 Å². The minimum Gasteiger partial charge on any atom is -2.00 e. The predicted octanol–water partition coefficient (Wildman–Crippen LogP) is -11.6. The topological polar surface area (TPSA) is 871 Å². The summed E-state index contributed by atoms with van der Waals surface area (Å²) in [7, 11) is -29.7. The molecule has 0 saturated carbocycles. The monoisotopic (exact) mass is 2780 g/mol. The molecule has 46 nitrogen and oxygen atoms in total. The maximum absolute atomic E-state index is 8.49. The first-order valence-corrected chi connectivity index (χ1v) is 44.2. The first kappa shape index (κ1) is 136. The summed E-state index contributed by atoms with van der Waals surface area (Å²) >= 11 is 0. The number of halogens is 6. The molecule has 56 heteroatoms. The number of hydrogen-bond donors (Lipinski definition) is 0. The van der Waals surface area contributed by atoms with Crippen molar-refractivity contribution in [3.8, 4) is 91.1 Å². The normalized spacial score (nSPS) is 9.63. The molecule has 0 N–H and O–H groups in total. The van der Waals surface area contributed by atoms with Crippen LogP contribution in [0, 0.1) is 61.5 Å². The van der Waals surface area contributed by atoms with Crippen LogP contribution in [0.2, 0.25) is 0 Å². The van der Waals surface area contributed by atoms with Crippen LogP contribution in [0.3, 0.4) is 0 Å². The summed E-state index contributed by atoms with van der Waals surface area (Å²) in [5.74, 6) is 0. The molecule has 18 aromatic heterocycles. The average molecular weight is 2770 g/mol. The molecule has 18 rings (SSSR count). The van der Waals surface area contributed by atoms with Crippen molar-refractivity contribution in [1.29, 1.82) is 0 Å². The second kappa shape index (κ2) is 80.6. The summed E-state index contributed by atoms with van der Waals surface area (Å²) in [6, 6.07) is 96.3. The van der Waals surface area contributed by atoms with Gasteiger partial charge in [-0.05, 0) is 194 Å². The van der Waals surface area contributed by atoms with Crippen LogP contribution in [0.1, 0.15) is 0 Å². The molecule has 0 aliphatic heterocycles. The Morgan fingerprint density at radius 1 is 0.127 bits per heavy atom. The van der Waals surface area contributed by atoms with Gasteiger partial charge in [-0.25, -0.2) is 112 Å². The number of pyridine rings is 16. The van der Waals surface area contributed by atoms with Crippen LogP contribution in [0.5, 0.6) is 0 Å². The van der Waals surface area contributed by atoms with Crippen molar-refractivity contribution in [2.24, 2.45) is 0 Å². The van der Waals surface area contributed by atoms with Gasteiger partial charge in [0.15, 0.2) is 0 Å². The zero-order valence-electron chi connectivity index (χ0n) is 71.7. The molecule has 0 aliphatic carbocycles. The smallest absolute Gasteiger partial charge is 0.0886 e. The van der Waals surface area contributed by atoms with Crippen LogP contribution in [-0.2, 0) is 90.1 Å². The average Bonchev–Trinajstić information content (AvgIpc) is 1.21. The van der Waals surface area contributed by atoms with Crippen molar-refractivity contribution < 1.29 is 263 Å². The van der Waals surface area contributed by atoms with Crippen LogP contribution in [-0.4, -0.2) is 89.9 Å². The molecule has 0 aliphatic rings. The van der Waals surface area contributed by atoms with Crippen LogP contribution in [0.25, 0.3) is 91.1 Å². The minimum absolute atomic E-state index is 0. The quantitative estimate of drug-likeness (QED) is 0.136. The molecule has 0 fully saturated rings. The third-order valence-corrected chi connectivity index (χ3v) is 13.5. The van der Waals surface area contributed by atoms with Gasteiger partial charge < -0.3 is 31.3 Å². The molecule has 756 valence electrons. The van der Waals surface area contributed by atoms with E-state index in [2.05, 4.69) is 100 Å². The van der Waals surface area contributed by atoms with Gasteiger partial charge in [-0.3, -0.25) is 79.7 Å². The Labute approximate surface area is 874 Å². The van der Waals surface area contributed by atoms with E-state index in [1.165, 1.54) is 0 Å². The van der Waals surface area contributed by atoms with Crippen molar-refractivity contribution in [2.45, 2.75) is 0 Å².